The molecule has 0 fully saturated rings. The zero-order valence-corrected chi connectivity index (χ0v) is 69.1. The van der Waals surface area contributed by atoms with Gasteiger partial charge in [-0.15, -0.1) is 0 Å². The molecule has 0 amide bonds. The van der Waals surface area contributed by atoms with Gasteiger partial charge in [0, 0.05) is 78.0 Å². The average Bonchev–Trinajstić information content (AvgIpc) is 1.19. The molecule has 0 saturated heterocycles. The van der Waals surface area contributed by atoms with E-state index in [1.165, 1.54) is 109 Å². The Hall–Kier alpha value is -3.78. The van der Waals surface area contributed by atoms with Gasteiger partial charge in [0.1, 0.15) is 32.0 Å². The quantitative estimate of drug-likeness (QED) is 0.0328. The van der Waals surface area contributed by atoms with Crippen LogP contribution >= 0.6 is 0 Å². The van der Waals surface area contributed by atoms with Gasteiger partial charge >= 0.3 is 36.2 Å². The molecule has 0 bridgehead atoms. The number of unbranched alkanes of at least 4 members (excludes halogenated alkanes) is 22. The standard InChI is InChI=1S/C42H82N2O7.C34H68N2O6.C8H16O2/c1-7-13-17-20-23-29-40(45)48-35-33-44(32-31-43(11-5)12-6)34-36-49-42(47)51-39(27-22-19-15-9-3)28-24-30-41(46)50-37-38(25-16-10-4)26-21-18-14-8-2;1-6-11-14-16-20-31(19-13-8-3)30-41-33(38)23-18-22-32(21-17-15-12-7-2)42-34(39)40-29-27-36(26-28-37)25-24-35(9-4)10-5;1-2-3-4-5-6-7-8(9)10/h38-39H,7-37H2,1-6H3;31-32,37H,6-30H2,1-5H3;2-7H2,1H3,(H,9,10). The number of carboxylic acids is 1. The minimum Gasteiger partial charge on any atom is -0.481 e. The van der Waals surface area contributed by atoms with Crippen molar-refractivity contribution < 1.29 is 72.1 Å². The summed E-state index contributed by atoms with van der Waals surface area (Å²) in [6.07, 6.45) is 42.6. The fourth-order valence-corrected chi connectivity index (χ4v) is 12.4. The van der Waals surface area contributed by atoms with Gasteiger partial charge in [-0.05, 0) is 128 Å². The van der Waals surface area contributed by atoms with Crippen molar-refractivity contribution in [1.29, 1.82) is 0 Å². The largest absolute Gasteiger partial charge is 0.508 e. The second-order valence-electron chi connectivity index (χ2n) is 28.6. The van der Waals surface area contributed by atoms with Gasteiger partial charge in [-0.25, -0.2) is 9.59 Å². The van der Waals surface area contributed by atoms with E-state index in [-0.39, 0.29) is 49.9 Å². The Labute approximate surface area is 632 Å². The maximum atomic E-state index is 12.8. The molecule has 0 aliphatic heterocycles. The molecule has 0 aromatic carbocycles. The Bertz CT molecular complexity index is 1860. The molecule has 0 heterocycles. The van der Waals surface area contributed by atoms with Gasteiger partial charge < -0.3 is 53.2 Å². The van der Waals surface area contributed by atoms with Gasteiger partial charge in [0.05, 0.1) is 19.8 Å². The van der Waals surface area contributed by atoms with Crippen LogP contribution in [0.4, 0.5) is 9.59 Å². The SMILES string of the molecule is CCCCCCC(CCCC)COC(=O)CCCC(CCCCCC)OC(=O)OCCN(CCO)CCN(CC)CC.CCCCCCCC(=O)O.CCCCCCCC(=O)OCCN(CCOC(=O)OC(CCCCCC)CCCC(=O)OCC(CCCC)CCCCCC)CCN(CC)CC. The zero-order chi connectivity index (χ0) is 76.9. The van der Waals surface area contributed by atoms with E-state index < -0.39 is 18.3 Å². The van der Waals surface area contributed by atoms with Crippen LogP contribution < -0.4 is 0 Å². The van der Waals surface area contributed by atoms with E-state index in [9.17, 15) is 33.9 Å². The smallest absolute Gasteiger partial charge is 0.481 e. The third kappa shape index (κ3) is 73.5. The van der Waals surface area contributed by atoms with Crippen molar-refractivity contribution in [3.63, 3.8) is 0 Å². The second-order valence-corrected chi connectivity index (χ2v) is 28.6. The number of carboxylic acid groups (broad SMARTS) is 1. The summed E-state index contributed by atoms with van der Waals surface area (Å²) in [5, 5.41) is 17.7. The number of aliphatic carboxylic acids is 1. The Morgan fingerprint density at radius 3 is 0.913 bits per heavy atom. The number of rotatable bonds is 73. The van der Waals surface area contributed by atoms with Crippen LogP contribution in [0.2, 0.25) is 0 Å². The maximum Gasteiger partial charge on any atom is 0.508 e. The first-order chi connectivity index (χ1) is 50.0. The first-order valence-electron chi connectivity index (χ1n) is 42.9. The summed E-state index contributed by atoms with van der Waals surface area (Å²) >= 11 is 0. The minimum atomic E-state index is -0.670. The summed E-state index contributed by atoms with van der Waals surface area (Å²) in [5.41, 5.74) is 0. The molecule has 103 heavy (non-hydrogen) atoms. The van der Waals surface area contributed by atoms with E-state index in [1.807, 2.05) is 0 Å². The normalized spacial score (nSPS) is 12.5. The van der Waals surface area contributed by atoms with Crippen LogP contribution in [0.1, 0.15) is 366 Å². The summed E-state index contributed by atoms with van der Waals surface area (Å²) in [4.78, 5) is 81.7. The van der Waals surface area contributed by atoms with Gasteiger partial charge in [-0.2, -0.15) is 0 Å². The molecule has 2 N–H and O–H groups in total. The predicted octanol–water partition coefficient (Wildman–Crippen LogP) is 20.6. The molecule has 4 atom stereocenters. The number of carbonyl (C=O) groups excluding carboxylic acids is 5. The monoisotopic (exact) mass is 1470 g/mol. The molecule has 0 radical (unpaired) electrons. The van der Waals surface area contributed by atoms with Crippen molar-refractivity contribution in [3.05, 3.63) is 0 Å². The highest BCUT2D eigenvalue weighted by atomic mass is 16.7. The summed E-state index contributed by atoms with van der Waals surface area (Å²) in [6, 6.07) is 0. The van der Waals surface area contributed by atoms with Gasteiger partial charge in [0.2, 0.25) is 0 Å². The van der Waals surface area contributed by atoms with Crippen LogP contribution in [0.5, 0.6) is 0 Å². The van der Waals surface area contributed by atoms with Crippen LogP contribution in [0.15, 0.2) is 0 Å². The third-order valence-electron chi connectivity index (χ3n) is 19.5. The third-order valence-corrected chi connectivity index (χ3v) is 19.5. The number of likely N-dealkylation sites (N-methyl/N-ethyl adjacent to an activating group) is 2. The van der Waals surface area contributed by atoms with E-state index in [0.29, 0.717) is 109 Å². The molecule has 4 unspecified atom stereocenters. The number of hydrogen-bond acceptors (Lipinski definition) is 18. The highest BCUT2D eigenvalue weighted by molar-refractivity contribution is 5.70. The topological polar surface area (TPSA) is 220 Å². The van der Waals surface area contributed by atoms with E-state index in [2.05, 4.69) is 103 Å². The molecular formula is C84H166N4O15. The van der Waals surface area contributed by atoms with Crippen molar-refractivity contribution in [3.8, 4) is 0 Å². The Balaban J connectivity index is -0.00000173. The van der Waals surface area contributed by atoms with E-state index in [4.69, 9.17) is 38.3 Å². The molecule has 19 heteroatoms. The lowest BCUT2D eigenvalue weighted by atomic mass is 9.96. The van der Waals surface area contributed by atoms with Crippen LogP contribution in [0, 0.1) is 11.8 Å². The van der Waals surface area contributed by atoms with Crippen LogP contribution in [-0.2, 0) is 52.3 Å². The molecule has 0 aromatic rings. The zero-order valence-electron chi connectivity index (χ0n) is 69.1. The number of carbonyl (C=O) groups is 6. The molecule has 0 aliphatic rings. The first-order valence-corrected chi connectivity index (χ1v) is 42.9. The molecule has 0 rings (SSSR count). The molecule has 0 aliphatic carbocycles. The fourth-order valence-electron chi connectivity index (χ4n) is 12.4. The lowest BCUT2D eigenvalue weighted by Crippen LogP contribution is -2.39. The predicted molar refractivity (Wildman–Crippen MR) is 424 cm³/mol. The number of esters is 3. The Kier molecular flexibility index (Phi) is 81.1. The summed E-state index contributed by atoms with van der Waals surface area (Å²) in [6.45, 7) is 37.6. The van der Waals surface area contributed by atoms with Crippen molar-refractivity contribution >= 4 is 36.2 Å². The average molecular weight is 1470 g/mol. The molecule has 0 saturated carbocycles. The van der Waals surface area contributed by atoms with E-state index in [1.54, 1.807) is 0 Å². The maximum absolute atomic E-state index is 12.8. The number of hydrogen-bond donors (Lipinski definition) is 2. The van der Waals surface area contributed by atoms with Crippen LogP contribution in [-0.4, -0.2) is 196 Å². The number of aliphatic hydroxyl groups is 1. The number of nitrogens with zero attached hydrogens (tertiary/aromatic N) is 4. The highest BCUT2D eigenvalue weighted by Gasteiger charge is 2.21. The number of aliphatic hydroxyl groups excluding tert-OH is 1. The van der Waals surface area contributed by atoms with Crippen molar-refractivity contribution in [2.75, 3.05) is 118 Å². The van der Waals surface area contributed by atoms with E-state index >= 15 is 0 Å². The van der Waals surface area contributed by atoms with Crippen LogP contribution in [0.25, 0.3) is 0 Å². The lowest BCUT2D eigenvalue weighted by Gasteiger charge is -2.26. The van der Waals surface area contributed by atoms with Crippen LogP contribution in [0.3, 0.4) is 0 Å². The van der Waals surface area contributed by atoms with Crippen molar-refractivity contribution in [1.82, 2.24) is 19.6 Å². The van der Waals surface area contributed by atoms with Gasteiger partial charge in [0.15, 0.2) is 0 Å². The fraction of sp³-hybridized carbons (Fsp3) is 0.929. The van der Waals surface area contributed by atoms with E-state index in [0.717, 1.165) is 174 Å². The lowest BCUT2D eigenvalue weighted by molar-refractivity contribution is -0.146. The second kappa shape index (κ2) is 80.8. The number of ether oxygens (including phenoxy) is 7. The summed E-state index contributed by atoms with van der Waals surface area (Å²) in [5.74, 6) is -0.200. The summed E-state index contributed by atoms with van der Waals surface area (Å²) in [7, 11) is 0. The Morgan fingerprint density at radius 2 is 0.563 bits per heavy atom. The summed E-state index contributed by atoms with van der Waals surface area (Å²) < 4.78 is 39.4. The Morgan fingerprint density at radius 1 is 0.282 bits per heavy atom. The molecular weight excluding hydrogens is 1300 g/mol. The minimum absolute atomic E-state index is 0.0727. The van der Waals surface area contributed by atoms with Gasteiger partial charge in [-0.3, -0.25) is 29.0 Å². The molecule has 19 nitrogen and oxygen atoms in total. The highest BCUT2D eigenvalue weighted by Crippen LogP contribution is 2.22. The van der Waals surface area contributed by atoms with Crippen molar-refractivity contribution in [2.45, 2.75) is 378 Å². The van der Waals surface area contributed by atoms with Gasteiger partial charge in [-0.1, -0.05) is 250 Å². The van der Waals surface area contributed by atoms with Gasteiger partial charge in [0.25, 0.3) is 0 Å². The molecule has 0 aromatic heterocycles. The first kappa shape index (κ1) is 103. The van der Waals surface area contributed by atoms with Crippen molar-refractivity contribution in [2.24, 2.45) is 11.8 Å². The molecule has 612 valence electrons. The molecule has 0 spiro atoms.